The highest BCUT2D eigenvalue weighted by atomic mass is 19.1. The Morgan fingerprint density at radius 2 is 2.14 bits per heavy atom. The third kappa shape index (κ3) is 1.41. The summed E-state index contributed by atoms with van der Waals surface area (Å²) in [6, 6.07) is 6.30. The first-order chi connectivity index (χ1) is 6.70. The zero-order chi connectivity index (χ0) is 10.1. The average molecular weight is 190 g/mol. The van der Waals surface area contributed by atoms with Crippen LogP contribution in [0.1, 0.15) is 12.6 Å². The maximum Gasteiger partial charge on any atom is 0.125 e. The summed E-state index contributed by atoms with van der Waals surface area (Å²) in [5.41, 5.74) is 8.00. The highest BCUT2D eigenvalue weighted by Crippen LogP contribution is 2.21. The van der Waals surface area contributed by atoms with Gasteiger partial charge in [-0.2, -0.15) is 0 Å². The van der Waals surface area contributed by atoms with E-state index >= 15 is 0 Å². The van der Waals surface area contributed by atoms with Gasteiger partial charge in [0.1, 0.15) is 5.82 Å². The van der Waals surface area contributed by atoms with Crippen molar-refractivity contribution in [3.05, 3.63) is 35.8 Å². The van der Waals surface area contributed by atoms with E-state index in [2.05, 4.69) is 4.98 Å². The molecule has 0 radical (unpaired) electrons. The van der Waals surface area contributed by atoms with Gasteiger partial charge in [0, 0.05) is 22.8 Å². The molecule has 0 fully saturated rings. The summed E-state index contributed by atoms with van der Waals surface area (Å²) in [5.74, 6) is -0.280. The fourth-order valence-electron chi connectivity index (χ4n) is 1.47. The molecule has 0 spiro atoms. The lowest BCUT2D eigenvalue weighted by Gasteiger charge is -2.04. The van der Waals surface area contributed by atoms with Crippen LogP contribution in [0.3, 0.4) is 0 Å². The predicted molar refractivity (Wildman–Crippen MR) is 55.5 cm³/mol. The van der Waals surface area contributed by atoms with E-state index in [1.165, 1.54) is 12.1 Å². The van der Waals surface area contributed by atoms with E-state index < -0.39 is 0 Å². The zero-order valence-electron chi connectivity index (χ0n) is 7.92. The molecule has 0 unspecified atom stereocenters. The number of hydrogen-bond acceptors (Lipinski definition) is 2. The van der Waals surface area contributed by atoms with Crippen molar-refractivity contribution in [1.82, 2.24) is 4.98 Å². The second-order valence-corrected chi connectivity index (χ2v) is 3.22. The van der Waals surface area contributed by atoms with Crippen LogP contribution in [0.5, 0.6) is 0 Å². The van der Waals surface area contributed by atoms with E-state index in [0.29, 0.717) is 11.2 Å². The molecular formula is C11H11FN2. The number of nitrogen functional groups attached to an aromatic ring is 1. The van der Waals surface area contributed by atoms with Gasteiger partial charge in [0.15, 0.2) is 0 Å². The molecule has 1 heterocycles. The minimum Gasteiger partial charge on any atom is -0.398 e. The molecule has 1 aromatic carbocycles. The van der Waals surface area contributed by atoms with Crippen LogP contribution in [-0.4, -0.2) is 4.98 Å². The lowest BCUT2D eigenvalue weighted by molar-refractivity contribution is 0.629. The van der Waals surface area contributed by atoms with Crippen molar-refractivity contribution in [2.24, 2.45) is 0 Å². The van der Waals surface area contributed by atoms with Crippen LogP contribution in [0.2, 0.25) is 0 Å². The Morgan fingerprint density at radius 1 is 1.36 bits per heavy atom. The zero-order valence-corrected chi connectivity index (χ0v) is 7.92. The van der Waals surface area contributed by atoms with Crippen LogP contribution in [-0.2, 0) is 6.42 Å². The van der Waals surface area contributed by atoms with Gasteiger partial charge in [0.05, 0.1) is 5.52 Å². The Bertz CT molecular complexity index is 480. The lowest BCUT2D eigenvalue weighted by Crippen LogP contribution is -1.94. The Morgan fingerprint density at radius 3 is 2.86 bits per heavy atom. The van der Waals surface area contributed by atoms with Crippen molar-refractivity contribution in [3.8, 4) is 0 Å². The Hall–Kier alpha value is -1.64. The van der Waals surface area contributed by atoms with Gasteiger partial charge in [-0.3, -0.25) is 4.98 Å². The fraction of sp³-hybridized carbons (Fsp3) is 0.182. The van der Waals surface area contributed by atoms with Crippen molar-refractivity contribution >= 4 is 16.6 Å². The first kappa shape index (κ1) is 8.94. The van der Waals surface area contributed by atoms with Gasteiger partial charge in [-0.15, -0.1) is 0 Å². The van der Waals surface area contributed by atoms with Gasteiger partial charge < -0.3 is 5.73 Å². The monoisotopic (exact) mass is 190 g/mol. The summed E-state index contributed by atoms with van der Waals surface area (Å²) in [4.78, 5) is 4.30. The van der Waals surface area contributed by atoms with Gasteiger partial charge in [-0.1, -0.05) is 6.92 Å². The summed E-state index contributed by atoms with van der Waals surface area (Å²) < 4.78 is 12.9. The third-order valence-electron chi connectivity index (χ3n) is 2.22. The second kappa shape index (κ2) is 3.25. The van der Waals surface area contributed by atoms with Crippen LogP contribution in [0.25, 0.3) is 10.9 Å². The molecule has 1 aromatic heterocycles. The number of pyridine rings is 1. The SMILES string of the molecule is CCc1cc(N)c2ccc(F)cc2n1. The highest BCUT2D eigenvalue weighted by molar-refractivity contribution is 5.90. The van der Waals surface area contributed by atoms with Crippen LogP contribution < -0.4 is 5.73 Å². The topological polar surface area (TPSA) is 38.9 Å². The average Bonchev–Trinajstić information content (AvgIpc) is 2.16. The molecule has 0 saturated heterocycles. The Labute approximate surface area is 81.6 Å². The van der Waals surface area contributed by atoms with Crippen molar-refractivity contribution in [3.63, 3.8) is 0 Å². The number of fused-ring (bicyclic) bond motifs is 1. The summed E-state index contributed by atoms with van der Waals surface area (Å²) in [6.45, 7) is 1.99. The standard InChI is InChI=1S/C11H11FN2/c1-2-8-6-10(13)9-4-3-7(12)5-11(9)14-8/h3-6H,2H2,1H3,(H2,13,14). The van der Waals surface area contributed by atoms with Crippen LogP contribution in [0.15, 0.2) is 24.3 Å². The molecule has 0 saturated carbocycles. The third-order valence-corrected chi connectivity index (χ3v) is 2.22. The molecule has 0 aliphatic heterocycles. The molecule has 0 aliphatic carbocycles. The molecule has 2 nitrogen and oxygen atoms in total. The molecule has 0 amide bonds. The van der Waals surface area contributed by atoms with Gasteiger partial charge in [0.25, 0.3) is 0 Å². The largest absolute Gasteiger partial charge is 0.398 e. The number of aryl methyl sites for hydroxylation is 1. The van der Waals surface area contributed by atoms with Gasteiger partial charge >= 0.3 is 0 Å². The lowest BCUT2D eigenvalue weighted by atomic mass is 10.1. The molecule has 2 rings (SSSR count). The quantitative estimate of drug-likeness (QED) is 0.750. The summed E-state index contributed by atoms with van der Waals surface area (Å²) in [7, 11) is 0. The van der Waals surface area contributed by atoms with Gasteiger partial charge in [-0.05, 0) is 24.6 Å². The van der Waals surface area contributed by atoms with E-state index in [0.717, 1.165) is 17.5 Å². The molecule has 14 heavy (non-hydrogen) atoms. The molecule has 0 aliphatic rings. The Kier molecular flexibility index (Phi) is 2.08. The van der Waals surface area contributed by atoms with E-state index in [4.69, 9.17) is 5.73 Å². The van der Waals surface area contributed by atoms with E-state index in [9.17, 15) is 4.39 Å². The van der Waals surface area contributed by atoms with Crippen LogP contribution >= 0.6 is 0 Å². The van der Waals surface area contributed by atoms with Crippen LogP contribution in [0.4, 0.5) is 10.1 Å². The van der Waals surface area contributed by atoms with Gasteiger partial charge in [0.2, 0.25) is 0 Å². The van der Waals surface area contributed by atoms with E-state index in [1.54, 1.807) is 6.07 Å². The van der Waals surface area contributed by atoms with E-state index in [1.807, 2.05) is 13.0 Å². The van der Waals surface area contributed by atoms with Crippen LogP contribution in [0, 0.1) is 5.82 Å². The highest BCUT2D eigenvalue weighted by Gasteiger charge is 2.02. The summed E-state index contributed by atoms with van der Waals surface area (Å²) in [6.07, 6.45) is 0.802. The van der Waals surface area contributed by atoms with Gasteiger partial charge in [-0.25, -0.2) is 4.39 Å². The number of anilines is 1. The molecular weight excluding hydrogens is 179 g/mol. The minimum absolute atomic E-state index is 0.280. The molecule has 2 aromatic rings. The summed E-state index contributed by atoms with van der Waals surface area (Å²) in [5, 5.41) is 0.809. The van der Waals surface area contributed by atoms with Crippen molar-refractivity contribution in [2.75, 3.05) is 5.73 Å². The Balaban J connectivity index is 2.77. The fourth-order valence-corrected chi connectivity index (χ4v) is 1.47. The number of nitrogens with zero attached hydrogens (tertiary/aromatic N) is 1. The molecule has 2 N–H and O–H groups in total. The van der Waals surface area contributed by atoms with Crippen molar-refractivity contribution < 1.29 is 4.39 Å². The minimum atomic E-state index is -0.280. The normalized spacial score (nSPS) is 10.7. The number of nitrogens with two attached hydrogens (primary N) is 1. The summed E-state index contributed by atoms with van der Waals surface area (Å²) >= 11 is 0. The van der Waals surface area contributed by atoms with E-state index in [-0.39, 0.29) is 5.82 Å². The smallest absolute Gasteiger partial charge is 0.125 e. The number of rotatable bonds is 1. The number of benzene rings is 1. The molecule has 72 valence electrons. The predicted octanol–water partition coefficient (Wildman–Crippen LogP) is 2.52. The number of aromatic nitrogens is 1. The maximum atomic E-state index is 12.9. The van der Waals surface area contributed by atoms with Crippen molar-refractivity contribution in [1.29, 1.82) is 0 Å². The molecule has 0 atom stereocenters. The molecule has 3 heteroatoms. The molecule has 0 bridgehead atoms. The first-order valence-electron chi connectivity index (χ1n) is 4.55. The number of halogens is 1. The maximum absolute atomic E-state index is 12.9. The number of hydrogen-bond donors (Lipinski definition) is 1. The van der Waals surface area contributed by atoms with Crippen molar-refractivity contribution in [2.45, 2.75) is 13.3 Å². The second-order valence-electron chi connectivity index (χ2n) is 3.22. The first-order valence-corrected chi connectivity index (χ1v) is 4.55.